The summed E-state index contributed by atoms with van der Waals surface area (Å²) in [5.41, 5.74) is 5.62. The minimum Gasteiger partial charge on any atom is -0.372 e. The van der Waals surface area contributed by atoms with Gasteiger partial charge in [0, 0.05) is 13.7 Å². The Hall–Kier alpha value is -0.610. The van der Waals surface area contributed by atoms with Crippen molar-refractivity contribution in [2.24, 2.45) is 11.7 Å². The number of amides is 1. The van der Waals surface area contributed by atoms with Crippen molar-refractivity contribution in [1.29, 1.82) is 0 Å². The van der Waals surface area contributed by atoms with E-state index in [4.69, 9.17) is 10.5 Å². The molecule has 1 fully saturated rings. The summed E-state index contributed by atoms with van der Waals surface area (Å²) in [6, 6.07) is 0. The molecule has 3 N–H and O–H groups in total. The molecule has 1 atom stereocenters. The molecule has 0 radical (unpaired) electrons. The molecule has 1 rings (SSSR count). The zero-order valence-electron chi connectivity index (χ0n) is 10.6. The van der Waals surface area contributed by atoms with Crippen molar-refractivity contribution in [2.45, 2.75) is 51.2 Å². The fourth-order valence-electron chi connectivity index (χ4n) is 2.16. The van der Waals surface area contributed by atoms with E-state index in [9.17, 15) is 4.79 Å². The van der Waals surface area contributed by atoms with Crippen LogP contribution in [-0.2, 0) is 9.53 Å². The SMILES string of the molecule is COC(C)C(=O)NC1(CN)CCC(C)CC1. The molecule has 0 saturated heterocycles. The van der Waals surface area contributed by atoms with Crippen LogP contribution in [0.3, 0.4) is 0 Å². The summed E-state index contributed by atoms with van der Waals surface area (Å²) in [5, 5.41) is 3.06. The van der Waals surface area contributed by atoms with Crippen molar-refractivity contribution in [3.8, 4) is 0 Å². The van der Waals surface area contributed by atoms with Gasteiger partial charge in [0.2, 0.25) is 5.91 Å². The Bertz CT molecular complexity index is 235. The van der Waals surface area contributed by atoms with Crippen LogP contribution in [0.1, 0.15) is 39.5 Å². The van der Waals surface area contributed by atoms with E-state index in [1.165, 1.54) is 0 Å². The van der Waals surface area contributed by atoms with Gasteiger partial charge in [-0.1, -0.05) is 6.92 Å². The molecule has 0 bridgehead atoms. The Balaban J connectivity index is 2.57. The predicted octanol–water partition coefficient (Wildman–Crippen LogP) is 1.05. The highest BCUT2D eigenvalue weighted by Crippen LogP contribution is 2.31. The Labute approximate surface area is 97.9 Å². The molecule has 1 amide bonds. The van der Waals surface area contributed by atoms with Crippen LogP contribution in [0.15, 0.2) is 0 Å². The minimum atomic E-state index is -0.400. The van der Waals surface area contributed by atoms with Crippen LogP contribution in [0, 0.1) is 5.92 Å². The van der Waals surface area contributed by atoms with E-state index in [0.29, 0.717) is 6.54 Å². The summed E-state index contributed by atoms with van der Waals surface area (Å²) >= 11 is 0. The fourth-order valence-corrected chi connectivity index (χ4v) is 2.16. The van der Waals surface area contributed by atoms with E-state index in [1.807, 2.05) is 0 Å². The summed E-state index contributed by atoms with van der Waals surface area (Å²) in [4.78, 5) is 11.8. The third-order valence-electron chi connectivity index (χ3n) is 3.73. The van der Waals surface area contributed by atoms with E-state index >= 15 is 0 Å². The zero-order valence-corrected chi connectivity index (χ0v) is 10.6. The highest BCUT2D eigenvalue weighted by atomic mass is 16.5. The van der Waals surface area contributed by atoms with Crippen LogP contribution in [-0.4, -0.2) is 31.2 Å². The van der Waals surface area contributed by atoms with Gasteiger partial charge in [-0.2, -0.15) is 0 Å². The summed E-state index contributed by atoms with van der Waals surface area (Å²) in [6.07, 6.45) is 3.83. The van der Waals surface area contributed by atoms with Crippen molar-refractivity contribution in [3.63, 3.8) is 0 Å². The highest BCUT2D eigenvalue weighted by Gasteiger charge is 2.35. The maximum Gasteiger partial charge on any atom is 0.249 e. The summed E-state index contributed by atoms with van der Waals surface area (Å²) in [7, 11) is 1.54. The molecular formula is C12H24N2O2. The van der Waals surface area contributed by atoms with E-state index in [-0.39, 0.29) is 11.4 Å². The second-order valence-corrected chi connectivity index (χ2v) is 5.03. The zero-order chi connectivity index (χ0) is 12.2. The normalized spacial score (nSPS) is 32.1. The molecule has 4 heteroatoms. The van der Waals surface area contributed by atoms with Crippen molar-refractivity contribution < 1.29 is 9.53 Å². The van der Waals surface area contributed by atoms with Crippen LogP contribution in [0.2, 0.25) is 0 Å². The molecule has 0 heterocycles. The maximum atomic E-state index is 11.8. The molecule has 0 aromatic rings. The first-order valence-corrected chi connectivity index (χ1v) is 6.08. The third kappa shape index (κ3) is 3.19. The monoisotopic (exact) mass is 228 g/mol. The van der Waals surface area contributed by atoms with Gasteiger partial charge in [0.1, 0.15) is 6.10 Å². The van der Waals surface area contributed by atoms with Gasteiger partial charge in [0.25, 0.3) is 0 Å². The average Bonchev–Trinajstić information content (AvgIpc) is 2.31. The Kier molecular flexibility index (Phi) is 4.74. The van der Waals surface area contributed by atoms with Gasteiger partial charge in [-0.05, 0) is 38.5 Å². The number of nitrogens with one attached hydrogen (secondary N) is 1. The smallest absolute Gasteiger partial charge is 0.249 e. The van der Waals surface area contributed by atoms with Gasteiger partial charge in [0.05, 0.1) is 5.54 Å². The number of hydrogen-bond acceptors (Lipinski definition) is 3. The lowest BCUT2D eigenvalue weighted by Crippen LogP contribution is -2.57. The molecule has 16 heavy (non-hydrogen) atoms. The quantitative estimate of drug-likeness (QED) is 0.756. The first-order valence-electron chi connectivity index (χ1n) is 6.08. The van der Waals surface area contributed by atoms with E-state index in [2.05, 4.69) is 12.2 Å². The van der Waals surface area contributed by atoms with Gasteiger partial charge in [0.15, 0.2) is 0 Å². The summed E-state index contributed by atoms with van der Waals surface area (Å²) in [5.74, 6) is 0.693. The predicted molar refractivity (Wildman–Crippen MR) is 64.0 cm³/mol. The van der Waals surface area contributed by atoms with E-state index in [0.717, 1.165) is 31.6 Å². The highest BCUT2D eigenvalue weighted by molar-refractivity contribution is 5.81. The molecule has 0 aromatic heterocycles. The third-order valence-corrected chi connectivity index (χ3v) is 3.73. The topological polar surface area (TPSA) is 64.3 Å². The van der Waals surface area contributed by atoms with Crippen LogP contribution in [0.25, 0.3) is 0 Å². The van der Waals surface area contributed by atoms with E-state index < -0.39 is 6.10 Å². The number of methoxy groups -OCH3 is 1. The Morgan fingerprint density at radius 1 is 1.56 bits per heavy atom. The van der Waals surface area contributed by atoms with E-state index in [1.54, 1.807) is 14.0 Å². The molecule has 0 aromatic carbocycles. The Morgan fingerprint density at radius 2 is 2.12 bits per heavy atom. The lowest BCUT2D eigenvalue weighted by molar-refractivity contribution is -0.132. The number of ether oxygens (including phenoxy) is 1. The van der Waals surface area contributed by atoms with Gasteiger partial charge < -0.3 is 15.8 Å². The van der Waals surface area contributed by atoms with Gasteiger partial charge in [-0.25, -0.2) is 0 Å². The second-order valence-electron chi connectivity index (χ2n) is 5.03. The van der Waals surface area contributed by atoms with Crippen LogP contribution < -0.4 is 11.1 Å². The lowest BCUT2D eigenvalue weighted by Gasteiger charge is -2.39. The molecule has 1 aliphatic rings. The average molecular weight is 228 g/mol. The molecule has 0 aliphatic heterocycles. The van der Waals surface area contributed by atoms with Gasteiger partial charge in [-0.15, -0.1) is 0 Å². The molecule has 1 unspecified atom stereocenters. The van der Waals surface area contributed by atoms with Gasteiger partial charge >= 0.3 is 0 Å². The van der Waals surface area contributed by atoms with Crippen LogP contribution in [0.5, 0.6) is 0 Å². The molecule has 1 saturated carbocycles. The number of hydrogen-bond donors (Lipinski definition) is 2. The van der Waals surface area contributed by atoms with Crippen molar-refractivity contribution >= 4 is 5.91 Å². The first kappa shape index (κ1) is 13.5. The van der Waals surface area contributed by atoms with Crippen LogP contribution in [0.4, 0.5) is 0 Å². The number of nitrogens with two attached hydrogens (primary N) is 1. The number of carbonyl (C=O) groups is 1. The molecular weight excluding hydrogens is 204 g/mol. The van der Waals surface area contributed by atoms with Crippen molar-refractivity contribution in [1.82, 2.24) is 5.32 Å². The summed E-state index contributed by atoms with van der Waals surface area (Å²) < 4.78 is 5.01. The van der Waals surface area contributed by atoms with Crippen molar-refractivity contribution in [3.05, 3.63) is 0 Å². The lowest BCUT2D eigenvalue weighted by atomic mass is 9.77. The molecule has 4 nitrogen and oxygen atoms in total. The first-order chi connectivity index (χ1) is 7.53. The standard InChI is InChI=1S/C12H24N2O2/c1-9-4-6-12(8-13,7-5-9)14-11(15)10(2)16-3/h9-10H,4-8,13H2,1-3H3,(H,14,15). The fraction of sp³-hybridized carbons (Fsp3) is 0.917. The van der Waals surface area contributed by atoms with Gasteiger partial charge in [-0.3, -0.25) is 4.79 Å². The molecule has 1 aliphatic carbocycles. The Morgan fingerprint density at radius 3 is 2.56 bits per heavy atom. The largest absolute Gasteiger partial charge is 0.372 e. The van der Waals surface area contributed by atoms with Crippen molar-refractivity contribution in [2.75, 3.05) is 13.7 Å². The maximum absolute atomic E-state index is 11.8. The minimum absolute atomic E-state index is 0.0532. The molecule has 0 spiro atoms. The number of carbonyl (C=O) groups excluding carboxylic acids is 1. The summed E-state index contributed by atoms with van der Waals surface area (Å²) in [6.45, 7) is 4.52. The second kappa shape index (κ2) is 5.64. The number of rotatable bonds is 4. The van der Waals surface area contributed by atoms with Crippen LogP contribution >= 0.6 is 0 Å². The molecule has 94 valence electrons.